The third-order valence-corrected chi connectivity index (χ3v) is 7.39. The van der Waals surface area contributed by atoms with Crippen LogP contribution in [0.5, 0.6) is 0 Å². The van der Waals surface area contributed by atoms with Crippen molar-refractivity contribution in [2.24, 2.45) is 16.5 Å². The minimum absolute atomic E-state index is 0.0812. The summed E-state index contributed by atoms with van der Waals surface area (Å²) in [6.07, 6.45) is 1.84. The molecule has 1 aromatic heterocycles. The van der Waals surface area contributed by atoms with E-state index in [9.17, 15) is 19.5 Å². The first-order chi connectivity index (χ1) is 22.2. The molecule has 46 heavy (non-hydrogen) atoms. The van der Waals surface area contributed by atoms with Crippen LogP contribution in [0.4, 0.5) is 0 Å². The Hall–Kier alpha value is -5.52. The number of carboxylic acid groups (broad SMARTS) is 1. The van der Waals surface area contributed by atoms with Gasteiger partial charge in [0.15, 0.2) is 11.8 Å². The fourth-order valence-corrected chi connectivity index (χ4v) is 5.18. The van der Waals surface area contributed by atoms with Crippen LogP contribution in [0.15, 0.2) is 94.4 Å². The van der Waals surface area contributed by atoms with E-state index in [1.807, 2.05) is 84.9 Å². The highest BCUT2D eigenvalue weighted by molar-refractivity contribution is 5.93. The highest BCUT2D eigenvalue weighted by atomic mass is 16.5. The van der Waals surface area contributed by atoms with Crippen LogP contribution in [0.1, 0.15) is 52.7 Å². The summed E-state index contributed by atoms with van der Waals surface area (Å²) in [6, 6.07) is 25.5. The number of nitrogens with two attached hydrogens (primary N) is 2. The lowest BCUT2D eigenvalue weighted by Gasteiger charge is -2.34. The van der Waals surface area contributed by atoms with E-state index in [1.165, 1.54) is 4.90 Å². The first-order valence-electron chi connectivity index (χ1n) is 15.0. The lowest BCUT2D eigenvalue weighted by molar-refractivity contribution is -0.143. The zero-order valence-corrected chi connectivity index (χ0v) is 25.7. The molecule has 1 atom stereocenters. The van der Waals surface area contributed by atoms with Gasteiger partial charge < -0.3 is 31.3 Å². The number of nitrogens with one attached hydrogen (secondary N) is 1. The van der Waals surface area contributed by atoms with Crippen LogP contribution in [-0.4, -0.2) is 63.0 Å². The van der Waals surface area contributed by atoms with Gasteiger partial charge in [-0.1, -0.05) is 90.1 Å². The Balaban J connectivity index is 1.68. The third kappa shape index (κ3) is 9.74. The van der Waals surface area contributed by atoms with Crippen LogP contribution in [0.3, 0.4) is 0 Å². The van der Waals surface area contributed by atoms with Gasteiger partial charge in [0.05, 0.1) is 5.92 Å². The molecular formula is C34H39N7O5. The summed E-state index contributed by atoms with van der Waals surface area (Å²) < 4.78 is 5.22. The van der Waals surface area contributed by atoms with E-state index in [4.69, 9.17) is 16.0 Å². The summed E-state index contributed by atoms with van der Waals surface area (Å²) >= 11 is 0. The lowest BCUT2D eigenvalue weighted by Crippen LogP contribution is -2.51. The molecule has 0 aliphatic rings. The number of carbonyl (C=O) groups excluding carboxylic acids is 2. The maximum absolute atomic E-state index is 14.7. The molecular weight excluding hydrogens is 586 g/mol. The Morgan fingerprint density at radius 1 is 0.913 bits per heavy atom. The molecule has 12 nitrogen and oxygen atoms in total. The molecule has 12 heteroatoms. The molecule has 0 aliphatic heterocycles. The first-order valence-corrected chi connectivity index (χ1v) is 15.0. The second kappa shape index (κ2) is 16.5. The lowest BCUT2D eigenvalue weighted by atomic mass is 9.89. The number of hydrogen-bond acceptors (Lipinski definition) is 7. The second-order valence-corrected chi connectivity index (χ2v) is 10.8. The number of carbonyl (C=O) groups is 3. The molecule has 0 saturated heterocycles. The summed E-state index contributed by atoms with van der Waals surface area (Å²) in [5.74, 6) is -1.73. The van der Waals surface area contributed by atoms with Crippen LogP contribution in [0.25, 0.3) is 0 Å². The molecule has 0 fully saturated rings. The van der Waals surface area contributed by atoms with Crippen molar-refractivity contribution < 1.29 is 24.0 Å². The highest BCUT2D eigenvalue weighted by Crippen LogP contribution is 2.29. The average Bonchev–Trinajstić information content (AvgIpc) is 3.48. The number of benzene rings is 3. The van der Waals surface area contributed by atoms with E-state index in [1.54, 1.807) is 6.92 Å². The molecule has 240 valence electrons. The van der Waals surface area contributed by atoms with Crippen molar-refractivity contribution >= 4 is 23.7 Å². The summed E-state index contributed by atoms with van der Waals surface area (Å²) in [6.45, 7) is 1.53. The number of aryl methyl sites for hydroxylation is 3. The largest absolute Gasteiger partial charge is 0.480 e. The number of aliphatic carboxylic acids is 1. The average molecular weight is 626 g/mol. The highest BCUT2D eigenvalue weighted by Gasteiger charge is 2.35. The number of aliphatic imine (C=N–C) groups is 1. The van der Waals surface area contributed by atoms with Crippen molar-refractivity contribution in [3.05, 3.63) is 119 Å². The van der Waals surface area contributed by atoms with Crippen molar-refractivity contribution in [3.63, 3.8) is 0 Å². The van der Waals surface area contributed by atoms with Crippen LogP contribution >= 0.6 is 0 Å². The molecule has 2 amide bonds. The van der Waals surface area contributed by atoms with E-state index >= 15 is 0 Å². The van der Waals surface area contributed by atoms with E-state index in [0.717, 1.165) is 22.3 Å². The van der Waals surface area contributed by atoms with Crippen LogP contribution in [0, 0.1) is 6.92 Å². The molecule has 0 radical (unpaired) electrons. The van der Waals surface area contributed by atoms with Crippen molar-refractivity contribution in [1.29, 1.82) is 0 Å². The van der Waals surface area contributed by atoms with Crippen molar-refractivity contribution in [2.75, 3.05) is 13.1 Å². The molecule has 0 aliphatic carbocycles. The molecule has 3 aromatic carbocycles. The van der Waals surface area contributed by atoms with Gasteiger partial charge in [-0.3, -0.25) is 19.4 Å². The fraction of sp³-hybridized carbons (Fsp3) is 0.294. The van der Waals surface area contributed by atoms with Crippen LogP contribution in [-0.2, 0) is 33.8 Å². The van der Waals surface area contributed by atoms with Crippen molar-refractivity contribution in [1.82, 2.24) is 20.4 Å². The third-order valence-electron chi connectivity index (χ3n) is 7.39. The molecule has 0 bridgehead atoms. The Bertz CT molecular complexity index is 1560. The van der Waals surface area contributed by atoms with Gasteiger partial charge in [-0.2, -0.15) is 4.98 Å². The number of carboxylic acids is 1. The molecule has 1 heterocycles. The number of guanidine groups is 1. The monoisotopic (exact) mass is 625 g/mol. The first kappa shape index (κ1) is 33.4. The fourth-order valence-electron chi connectivity index (χ4n) is 5.18. The smallest absolute Gasteiger partial charge is 0.322 e. The summed E-state index contributed by atoms with van der Waals surface area (Å²) in [7, 11) is 0. The van der Waals surface area contributed by atoms with Gasteiger partial charge >= 0.3 is 5.97 Å². The van der Waals surface area contributed by atoms with Crippen molar-refractivity contribution in [2.45, 2.75) is 51.1 Å². The molecule has 0 spiro atoms. The van der Waals surface area contributed by atoms with Crippen molar-refractivity contribution in [3.8, 4) is 0 Å². The number of rotatable bonds is 16. The predicted molar refractivity (Wildman–Crippen MR) is 173 cm³/mol. The molecule has 4 aromatic rings. The van der Waals surface area contributed by atoms with Crippen LogP contribution < -0.4 is 16.8 Å². The Kier molecular flexibility index (Phi) is 12.0. The molecule has 0 unspecified atom stereocenters. The van der Waals surface area contributed by atoms with Gasteiger partial charge in [-0.15, -0.1) is 0 Å². The van der Waals surface area contributed by atoms with Crippen LogP contribution in [0.2, 0.25) is 0 Å². The van der Waals surface area contributed by atoms with Gasteiger partial charge in [0.25, 0.3) is 0 Å². The molecule has 4 rings (SSSR count). The minimum atomic E-state index is -1.19. The summed E-state index contributed by atoms with van der Waals surface area (Å²) in [4.78, 5) is 49.5. The quantitative estimate of drug-likeness (QED) is 0.0824. The van der Waals surface area contributed by atoms with Gasteiger partial charge in [-0.05, 0) is 48.4 Å². The predicted octanol–water partition coefficient (Wildman–Crippen LogP) is 2.95. The Morgan fingerprint density at radius 3 is 2.07 bits per heavy atom. The molecule has 6 N–H and O–H groups in total. The minimum Gasteiger partial charge on any atom is -0.480 e. The van der Waals surface area contributed by atoms with Gasteiger partial charge in [-0.25, -0.2) is 0 Å². The Labute approximate surface area is 267 Å². The molecule has 0 saturated carbocycles. The summed E-state index contributed by atoms with van der Waals surface area (Å²) in [5.41, 5.74) is 14.4. The standard InChI is InChI=1S/C34H39N7O5/c1-23-39-29(46-40-23)19-18-24-14-16-25(17-15-24)22-41(28(13-8-20-37-34(35)36)32(44)38-21-30(42)43)33(45)31(26-9-4-2-5-10-26)27-11-6-3-7-12-27/h2-7,9-12,14-17,28,31H,8,13,18-22H2,1H3,(H,38,44)(H,42,43)(H4,35,36,37)/t28-/m1/s1. The normalized spacial score (nSPS) is 11.5. The number of amides is 2. The number of nitrogens with zero attached hydrogens (tertiary/aromatic N) is 4. The topological polar surface area (TPSA) is 190 Å². The zero-order valence-electron chi connectivity index (χ0n) is 25.7. The second-order valence-electron chi connectivity index (χ2n) is 10.8. The zero-order chi connectivity index (χ0) is 32.9. The number of aromatic nitrogens is 2. The maximum atomic E-state index is 14.7. The Morgan fingerprint density at radius 2 is 1.52 bits per heavy atom. The maximum Gasteiger partial charge on any atom is 0.322 e. The number of hydrogen-bond donors (Lipinski definition) is 4. The SMILES string of the molecule is Cc1noc(CCc2ccc(CN(C(=O)C(c3ccccc3)c3ccccc3)[C@H](CCCN=C(N)N)C(=O)NCC(=O)O)cc2)n1. The van der Waals surface area contributed by atoms with Gasteiger partial charge in [0, 0.05) is 19.5 Å². The van der Waals surface area contributed by atoms with Gasteiger partial charge in [0.1, 0.15) is 12.6 Å². The van der Waals surface area contributed by atoms with E-state index in [2.05, 4.69) is 20.4 Å². The van der Waals surface area contributed by atoms with Gasteiger partial charge in [0.2, 0.25) is 17.7 Å². The van der Waals surface area contributed by atoms with E-state index in [-0.39, 0.29) is 31.4 Å². The van der Waals surface area contributed by atoms with E-state index < -0.39 is 30.4 Å². The van der Waals surface area contributed by atoms with E-state index in [0.29, 0.717) is 31.0 Å². The summed E-state index contributed by atoms with van der Waals surface area (Å²) in [5, 5.41) is 15.6.